The molecule has 1 amide bonds. The monoisotopic (exact) mass is 445 g/mol. The van der Waals surface area contributed by atoms with Crippen LogP contribution in [0.4, 0.5) is 11.4 Å². The van der Waals surface area contributed by atoms with Crippen LogP contribution in [-0.4, -0.2) is 15.9 Å². The fraction of sp³-hybridized carbons (Fsp3) is 0. The van der Waals surface area contributed by atoms with Crippen LogP contribution in [0.15, 0.2) is 69.6 Å². The maximum Gasteiger partial charge on any atom is 0.293 e. The van der Waals surface area contributed by atoms with Crippen LogP contribution in [0.1, 0.15) is 10.6 Å². The molecule has 0 aliphatic carbocycles. The lowest BCUT2D eigenvalue weighted by Gasteiger charge is -2.08. The maximum absolute atomic E-state index is 12.3. The molecule has 0 unspecified atom stereocenters. The molecule has 0 saturated heterocycles. The third-order valence-electron chi connectivity index (χ3n) is 3.50. The molecule has 1 aromatic heterocycles. The zero-order valence-electron chi connectivity index (χ0n) is 13.6. The molecule has 0 aliphatic rings. The molecule has 0 atom stereocenters. The number of hydrogen-bond donors (Lipinski definition) is 2. The van der Waals surface area contributed by atoms with E-state index in [1.165, 1.54) is 18.2 Å². The number of hydrogen-bond acceptors (Lipinski definition) is 5. The minimum absolute atomic E-state index is 0.0384. The first-order chi connectivity index (χ1) is 12.9. The van der Waals surface area contributed by atoms with Gasteiger partial charge in [0, 0.05) is 27.9 Å². The van der Waals surface area contributed by atoms with Gasteiger partial charge in [-0.15, -0.1) is 0 Å². The Morgan fingerprint density at radius 2 is 1.85 bits per heavy atom. The predicted molar refractivity (Wildman–Crippen MR) is 109 cm³/mol. The molecule has 3 aromatic rings. The van der Waals surface area contributed by atoms with Gasteiger partial charge in [0.1, 0.15) is 5.76 Å². The summed E-state index contributed by atoms with van der Waals surface area (Å²) in [5.74, 6) is -0.145. The van der Waals surface area contributed by atoms with Crippen molar-refractivity contribution in [3.8, 4) is 11.3 Å². The van der Waals surface area contributed by atoms with E-state index in [0.717, 1.165) is 10.2 Å². The second-order valence-corrected chi connectivity index (χ2v) is 6.71. The van der Waals surface area contributed by atoms with Gasteiger partial charge in [-0.1, -0.05) is 28.1 Å². The molecule has 2 N–H and O–H groups in total. The number of halogens is 1. The zero-order chi connectivity index (χ0) is 19.4. The first kappa shape index (κ1) is 18.7. The van der Waals surface area contributed by atoms with Gasteiger partial charge in [0.05, 0.1) is 4.92 Å². The summed E-state index contributed by atoms with van der Waals surface area (Å²) in [6.45, 7) is 0. The summed E-state index contributed by atoms with van der Waals surface area (Å²) in [6, 6.07) is 16.3. The highest BCUT2D eigenvalue weighted by molar-refractivity contribution is 9.10. The molecule has 0 saturated carbocycles. The number of nitrogens with zero attached hydrogens (tertiary/aromatic N) is 1. The molecule has 0 spiro atoms. The minimum atomic E-state index is -0.527. The third kappa shape index (κ3) is 4.78. The topological polar surface area (TPSA) is 97.4 Å². The summed E-state index contributed by atoms with van der Waals surface area (Å²) in [6.07, 6.45) is 0. The Hall–Kier alpha value is -3.04. The number of carbonyl (C=O) groups excluding carboxylic acids is 1. The number of benzene rings is 2. The van der Waals surface area contributed by atoms with Crippen LogP contribution in [0.5, 0.6) is 0 Å². The average Bonchev–Trinajstić information content (AvgIpc) is 3.14. The summed E-state index contributed by atoms with van der Waals surface area (Å²) in [5.41, 5.74) is 1.16. The number of anilines is 1. The van der Waals surface area contributed by atoms with Crippen LogP contribution in [0.3, 0.4) is 0 Å². The highest BCUT2D eigenvalue weighted by Crippen LogP contribution is 2.25. The van der Waals surface area contributed by atoms with Crippen LogP contribution < -0.4 is 10.6 Å². The van der Waals surface area contributed by atoms with Crippen molar-refractivity contribution in [2.45, 2.75) is 0 Å². The summed E-state index contributed by atoms with van der Waals surface area (Å²) in [5, 5.41) is 16.4. The van der Waals surface area contributed by atoms with Gasteiger partial charge < -0.3 is 9.73 Å². The van der Waals surface area contributed by atoms with Gasteiger partial charge in [-0.05, 0) is 48.6 Å². The van der Waals surface area contributed by atoms with E-state index < -0.39 is 10.8 Å². The first-order valence-electron chi connectivity index (χ1n) is 7.65. The number of furan rings is 1. The Morgan fingerprint density at radius 1 is 1.11 bits per heavy atom. The fourth-order valence-electron chi connectivity index (χ4n) is 2.25. The van der Waals surface area contributed by atoms with Crippen molar-refractivity contribution in [3.63, 3.8) is 0 Å². The summed E-state index contributed by atoms with van der Waals surface area (Å²) in [7, 11) is 0. The van der Waals surface area contributed by atoms with E-state index in [2.05, 4.69) is 26.6 Å². The Labute approximate surface area is 167 Å². The molecule has 0 bridgehead atoms. The molecule has 0 fully saturated rings. The van der Waals surface area contributed by atoms with Crippen molar-refractivity contribution < 1.29 is 14.1 Å². The Morgan fingerprint density at radius 3 is 2.56 bits per heavy atom. The van der Waals surface area contributed by atoms with Crippen molar-refractivity contribution >= 4 is 50.5 Å². The molecule has 136 valence electrons. The van der Waals surface area contributed by atoms with Crippen molar-refractivity contribution in [1.82, 2.24) is 5.32 Å². The van der Waals surface area contributed by atoms with Crippen molar-refractivity contribution in [2.24, 2.45) is 0 Å². The molecule has 1 heterocycles. The van der Waals surface area contributed by atoms with Gasteiger partial charge in [-0.3, -0.25) is 20.2 Å². The van der Waals surface area contributed by atoms with Crippen LogP contribution in [0.25, 0.3) is 11.3 Å². The van der Waals surface area contributed by atoms with E-state index >= 15 is 0 Å². The highest BCUT2D eigenvalue weighted by Gasteiger charge is 2.15. The second-order valence-electron chi connectivity index (χ2n) is 5.39. The summed E-state index contributed by atoms with van der Waals surface area (Å²) >= 11 is 8.46. The van der Waals surface area contributed by atoms with Gasteiger partial charge in [-0.25, -0.2) is 0 Å². The first-order valence-corrected chi connectivity index (χ1v) is 8.85. The number of non-ortho nitro benzene ring substituents is 1. The third-order valence-corrected chi connectivity index (χ3v) is 4.23. The minimum Gasteiger partial charge on any atom is -0.451 e. The molecule has 9 heteroatoms. The number of thiocarbonyl (C=S) groups is 1. The van der Waals surface area contributed by atoms with Gasteiger partial charge in [0.2, 0.25) is 0 Å². The van der Waals surface area contributed by atoms with Crippen molar-refractivity contribution in [3.05, 3.63) is 81.0 Å². The number of amides is 1. The van der Waals surface area contributed by atoms with Crippen LogP contribution in [0, 0.1) is 10.1 Å². The van der Waals surface area contributed by atoms with Gasteiger partial charge in [0.25, 0.3) is 11.6 Å². The Kier molecular flexibility index (Phi) is 5.63. The quantitative estimate of drug-likeness (QED) is 0.341. The second kappa shape index (κ2) is 8.11. The Bertz CT molecular complexity index is 1020. The molecular weight excluding hydrogens is 434 g/mol. The smallest absolute Gasteiger partial charge is 0.293 e. The van der Waals surface area contributed by atoms with Crippen LogP contribution >= 0.6 is 28.1 Å². The number of nitro benzene ring substituents is 1. The van der Waals surface area contributed by atoms with Crippen LogP contribution in [-0.2, 0) is 0 Å². The maximum atomic E-state index is 12.3. The Balaban J connectivity index is 1.67. The largest absolute Gasteiger partial charge is 0.451 e. The molecule has 7 nitrogen and oxygen atoms in total. The van der Waals surface area contributed by atoms with Gasteiger partial charge >= 0.3 is 0 Å². The lowest BCUT2D eigenvalue weighted by molar-refractivity contribution is -0.384. The number of rotatable bonds is 4. The number of carbonyl (C=O) groups is 1. The lowest BCUT2D eigenvalue weighted by Crippen LogP contribution is -2.33. The molecule has 2 aromatic carbocycles. The van der Waals surface area contributed by atoms with Crippen LogP contribution in [0.2, 0.25) is 0 Å². The molecule has 0 radical (unpaired) electrons. The molecule has 0 aliphatic heterocycles. The van der Waals surface area contributed by atoms with E-state index in [0.29, 0.717) is 11.3 Å². The lowest BCUT2D eigenvalue weighted by atomic mass is 10.1. The molecule has 3 rings (SSSR count). The van der Waals surface area contributed by atoms with Gasteiger partial charge in [0.15, 0.2) is 10.9 Å². The number of nitro groups is 1. The van der Waals surface area contributed by atoms with E-state index in [9.17, 15) is 14.9 Å². The van der Waals surface area contributed by atoms with E-state index in [1.54, 1.807) is 30.3 Å². The van der Waals surface area contributed by atoms with Crippen molar-refractivity contribution in [1.29, 1.82) is 0 Å². The zero-order valence-corrected chi connectivity index (χ0v) is 16.0. The predicted octanol–water partition coefficient (Wildman–Crippen LogP) is 4.74. The summed E-state index contributed by atoms with van der Waals surface area (Å²) in [4.78, 5) is 22.7. The fourth-order valence-corrected chi connectivity index (χ4v) is 2.72. The molecule has 27 heavy (non-hydrogen) atoms. The number of nitrogens with one attached hydrogen (secondary N) is 2. The normalized spacial score (nSPS) is 10.3. The SMILES string of the molecule is O=C(NC(=S)Nc1ccc(Br)cc1)c1ccc(-c2cccc([N+](=O)[O-])c2)o1. The van der Waals surface area contributed by atoms with E-state index in [1.807, 2.05) is 12.1 Å². The average molecular weight is 446 g/mol. The van der Waals surface area contributed by atoms with E-state index in [-0.39, 0.29) is 16.6 Å². The standard InChI is InChI=1S/C18H12BrN3O4S/c19-12-4-6-13(7-5-12)20-18(27)21-17(23)16-9-8-15(26-16)11-2-1-3-14(10-11)22(24)25/h1-10H,(H2,20,21,23,27). The van der Waals surface area contributed by atoms with Gasteiger partial charge in [-0.2, -0.15) is 0 Å². The van der Waals surface area contributed by atoms with E-state index in [4.69, 9.17) is 16.6 Å². The highest BCUT2D eigenvalue weighted by atomic mass is 79.9. The van der Waals surface area contributed by atoms with Crippen molar-refractivity contribution in [2.75, 3.05) is 5.32 Å². The molecular formula is C18H12BrN3O4S. The summed E-state index contributed by atoms with van der Waals surface area (Å²) < 4.78 is 6.43.